The van der Waals surface area contributed by atoms with Gasteiger partial charge in [0.1, 0.15) is 12.9 Å². The third-order valence-corrected chi connectivity index (χ3v) is 5.63. The molecule has 4 N–H and O–H groups in total. The molecule has 0 amide bonds. The Morgan fingerprint density at radius 3 is 2.56 bits per heavy atom. The molecule has 0 aliphatic carbocycles. The van der Waals surface area contributed by atoms with Gasteiger partial charge in [-0.15, -0.1) is 0 Å². The zero-order chi connectivity index (χ0) is 24.3. The van der Waals surface area contributed by atoms with Gasteiger partial charge in [0.15, 0.2) is 11.6 Å². The highest BCUT2D eigenvalue weighted by Gasteiger charge is 2.25. The second-order valence-corrected chi connectivity index (χ2v) is 8.84. The number of phosphoric ester groups is 1. The molecule has 3 heterocycles. The molecular weight excluding hydrogens is 469 g/mol. The lowest BCUT2D eigenvalue weighted by atomic mass is 10.0. The maximum absolute atomic E-state index is 13.8. The summed E-state index contributed by atoms with van der Waals surface area (Å²) in [7, 11) is -4.64. The zero-order valence-electron chi connectivity index (χ0n) is 17.7. The average molecular weight is 490 g/mol. The van der Waals surface area contributed by atoms with Crippen LogP contribution in [0.4, 0.5) is 8.78 Å². The van der Waals surface area contributed by atoms with Crippen LogP contribution in [0.5, 0.6) is 0 Å². The molecule has 9 nitrogen and oxygen atoms in total. The minimum Gasteiger partial charge on any atom is -0.356 e. The number of hydrogen-bond acceptors (Lipinski definition) is 7. The van der Waals surface area contributed by atoms with Gasteiger partial charge in [-0.05, 0) is 28.8 Å². The van der Waals surface area contributed by atoms with Gasteiger partial charge in [-0.3, -0.25) is 4.52 Å². The smallest absolute Gasteiger partial charge is 0.356 e. The number of hydrogen-bond donors (Lipinski definition) is 3. The van der Waals surface area contributed by atoms with Gasteiger partial charge >= 0.3 is 7.82 Å². The van der Waals surface area contributed by atoms with Crippen LogP contribution in [-0.4, -0.2) is 37.7 Å². The van der Waals surface area contributed by atoms with Crippen molar-refractivity contribution in [1.82, 2.24) is 15.0 Å². The summed E-state index contributed by atoms with van der Waals surface area (Å²) < 4.78 is 48.0. The third kappa shape index (κ3) is 5.82. The van der Waals surface area contributed by atoms with Crippen LogP contribution >= 0.6 is 7.82 Å². The summed E-state index contributed by atoms with van der Waals surface area (Å²) in [5, 5.41) is 4.07. The molecular formula is C22H21F2N4O5P. The largest absolute Gasteiger partial charge is 0.471 e. The molecule has 0 saturated carbocycles. The van der Waals surface area contributed by atoms with Crippen molar-refractivity contribution in [3.05, 3.63) is 101 Å². The second-order valence-electron chi connectivity index (χ2n) is 7.60. The van der Waals surface area contributed by atoms with E-state index in [0.29, 0.717) is 23.4 Å². The van der Waals surface area contributed by atoms with Gasteiger partial charge in [-0.1, -0.05) is 35.5 Å². The van der Waals surface area contributed by atoms with Gasteiger partial charge in [0.2, 0.25) is 5.95 Å². The summed E-state index contributed by atoms with van der Waals surface area (Å²) in [6.45, 7) is -0.400. The molecule has 0 fully saturated rings. The molecule has 2 aromatic heterocycles. The first-order valence-electron chi connectivity index (χ1n) is 10.1. The predicted molar refractivity (Wildman–Crippen MR) is 118 cm³/mol. The molecule has 12 heteroatoms. The fourth-order valence-corrected chi connectivity index (χ4v) is 3.73. The van der Waals surface area contributed by atoms with Crippen LogP contribution in [0.15, 0.2) is 65.5 Å². The predicted octanol–water partition coefficient (Wildman–Crippen LogP) is 3.09. The van der Waals surface area contributed by atoms with Crippen LogP contribution in [0.25, 0.3) is 5.57 Å². The van der Waals surface area contributed by atoms with Crippen molar-refractivity contribution in [3.63, 3.8) is 0 Å². The minimum atomic E-state index is -4.64. The maximum atomic E-state index is 13.8. The first kappa shape index (κ1) is 23.9. The Morgan fingerprint density at radius 1 is 1.15 bits per heavy atom. The number of nitrogens with zero attached hydrogens (tertiary/aromatic N) is 3. The van der Waals surface area contributed by atoms with Crippen LogP contribution in [0.3, 0.4) is 0 Å². The van der Waals surface area contributed by atoms with Crippen LogP contribution in [0, 0.1) is 11.8 Å². The summed E-state index contributed by atoms with van der Waals surface area (Å²) >= 11 is 0. The van der Waals surface area contributed by atoms with E-state index in [-0.39, 0.29) is 12.0 Å². The number of pyridine rings is 1. The highest BCUT2D eigenvalue weighted by Crippen LogP contribution is 2.36. The van der Waals surface area contributed by atoms with E-state index >= 15 is 0 Å². The highest BCUT2D eigenvalue weighted by atomic mass is 31.2. The molecule has 1 aromatic carbocycles. The zero-order valence-corrected chi connectivity index (χ0v) is 18.6. The number of halogens is 2. The van der Waals surface area contributed by atoms with Crippen molar-refractivity contribution in [2.75, 3.05) is 6.73 Å². The van der Waals surface area contributed by atoms with Gasteiger partial charge < -0.3 is 24.9 Å². The second kappa shape index (κ2) is 9.96. The number of allylic oxidation sites excluding steroid dienone is 2. The maximum Gasteiger partial charge on any atom is 0.471 e. The Morgan fingerprint density at radius 2 is 1.85 bits per heavy atom. The van der Waals surface area contributed by atoms with Crippen molar-refractivity contribution in [1.29, 1.82) is 0 Å². The van der Waals surface area contributed by atoms with Gasteiger partial charge in [0.05, 0.1) is 5.69 Å². The van der Waals surface area contributed by atoms with Gasteiger partial charge in [0, 0.05) is 36.9 Å². The van der Waals surface area contributed by atoms with E-state index < -0.39 is 32.5 Å². The Labute approximate surface area is 193 Å². The van der Waals surface area contributed by atoms with E-state index in [4.69, 9.17) is 20.0 Å². The molecule has 178 valence electrons. The highest BCUT2D eigenvalue weighted by molar-refractivity contribution is 7.46. The van der Waals surface area contributed by atoms with Gasteiger partial charge in [-0.2, -0.15) is 4.39 Å². The average Bonchev–Trinajstić information content (AvgIpc) is 3.25. The first-order chi connectivity index (χ1) is 16.2. The first-order valence-corrected chi connectivity index (χ1v) is 11.6. The Bertz CT molecular complexity index is 1270. The SMILES string of the molecule is NC1C(c2cc(Cc3ccc(Cc4ccnc(F)c4F)cc3)no2)=CC=CN1COP(=O)(O)O. The number of benzene rings is 1. The minimum absolute atomic E-state index is 0.229. The number of nitrogens with two attached hydrogens (primary N) is 1. The summed E-state index contributed by atoms with van der Waals surface area (Å²) in [6, 6.07) is 10.6. The number of aromatic nitrogens is 2. The van der Waals surface area contributed by atoms with E-state index in [0.717, 1.165) is 11.1 Å². The van der Waals surface area contributed by atoms with E-state index in [1.807, 2.05) is 24.3 Å². The van der Waals surface area contributed by atoms with Crippen LogP contribution < -0.4 is 5.73 Å². The van der Waals surface area contributed by atoms with Gasteiger partial charge in [-0.25, -0.2) is 13.9 Å². The van der Waals surface area contributed by atoms with Gasteiger partial charge in [0.25, 0.3) is 0 Å². The summed E-state index contributed by atoms with van der Waals surface area (Å²) in [5.74, 6) is -1.64. The van der Waals surface area contributed by atoms with Crippen molar-refractivity contribution in [2.24, 2.45) is 5.73 Å². The van der Waals surface area contributed by atoms with Crippen molar-refractivity contribution >= 4 is 13.4 Å². The summed E-state index contributed by atoms with van der Waals surface area (Å²) in [6.07, 6.45) is 6.10. The lowest BCUT2D eigenvalue weighted by Crippen LogP contribution is -2.41. The van der Waals surface area contributed by atoms with Crippen LogP contribution in [0.1, 0.15) is 28.1 Å². The topological polar surface area (TPSA) is 135 Å². The molecule has 1 unspecified atom stereocenters. The molecule has 4 rings (SSSR count). The van der Waals surface area contributed by atoms with E-state index in [9.17, 15) is 13.3 Å². The van der Waals surface area contributed by atoms with E-state index in [1.54, 1.807) is 24.4 Å². The standard InChI is InChI=1S/C22H21F2N4O5P/c23-20-16(7-8-26-21(20)24)10-14-3-5-15(6-4-14)11-17-12-19(33-27-17)18-2-1-9-28(22(18)25)13-32-34(29,30)31/h1-9,12,22H,10-11,13,25H2,(H2,29,30,31). The third-order valence-electron chi connectivity index (χ3n) is 5.18. The molecule has 34 heavy (non-hydrogen) atoms. The fraction of sp³-hybridized carbons (Fsp3) is 0.182. The fourth-order valence-electron chi connectivity index (χ4n) is 3.45. The Balaban J connectivity index is 1.40. The summed E-state index contributed by atoms with van der Waals surface area (Å²) in [5.41, 5.74) is 9.37. The van der Waals surface area contributed by atoms with Crippen molar-refractivity contribution < 1.29 is 32.2 Å². The molecule has 0 bridgehead atoms. The summed E-state index contributed by atoms with van der Waals surface area (Å²) in [4.78, 5) is 22.5. The molecule has 3 aromatic rings. The Kier molecular flexibility index (Phi) is 7.01. The Hall–Kier alpha value is -3.21. The van der Waals surface area contributed by atoms with E-state index in [2.05, 4.69) is 14.7 Å². The van der Waals surface area contributed by atoms with Crippen LogP contribution in [-0.2, 0) is 21.9 Å². The normalized spacial score (nSPS) is 16.1. The number of rotatable bonds is 8. The molecule has 0 saturated heterocycles. The number of phosphoric acid groups is 1. The van der Waals surface area contributed by atoms with Crippen molar-refractivity contribution in [2.45, 2.75) is 19.0 Å². The van der Waals surface area contributed by atoms with Crippen molar-refractivity contribution in [3.8, 4) is 0 Å². The van der Waals surface area contributed by atoms with E-state index in [1.165, 1.54) is 17.2 Å². The van der Waals surface area contributed by atoms with Crippen LogP contribution in [0.2, 0.25) is 0 Å². The molecule has 1 atom stereocenters. The lowest BCUT2D eigenvalue weighted by Gasteiger charge is -2.30. The lowest BCUT2D eigenvalue weighted by molar-refractivity contribution is 0.110. The molecule has 1 aliphatic rings. The molecule has 0 radical (unpaired) electrons. The quantitative estimate of drug-likeness (QED) is 0.322. The monoisotopic (exact) mass is 490 g/mol. The molecule has 1 aliphatic heterocycles. The molecule has 0 spiro atoms.